The van der Waals surface area contributed by atoms with Gasteiger partial charge in [-0.3, -0.25) is 9.69 Å². The molecule has 0 aliphatic carbocycles. The molecule has 2 rings (SSSR count). The summed E-state index contributed by atoms with van der Waals surface area (Å²) < 4.78 is 0.866. The molecule has 0 amide bonds. The van der Waals surface area contributed by atoms with Gasteiger partial charge in [0.2, 0.25) is 0 Å². The van der Waals surface area contributed by atoms with Crippen LogP contribution in [0.1, 0.15) is 11.6 Å². The maximum absolute atomic E-state index is 11.5. The van der Waals surface area contributed by atoms with Gasteiger partial charge in [0.05, 0.1) is 0 Å². The summed E-state index contributed by atoms with van der Waals surface area (Å²) in [4.78, 5) is 13.5. The first-order valence-electron chi connectivity index (χ1n) is 5.49. The van der Waals surface area contributed by atoms with E-state index in [0.29, 0.717) is 0 Å². The molecule has 0 saturated carbocycles. The quantitative estimate of drug-likeness (QED) is 0.931. The van der Waals surface area contributed by atoms with Crippen LogP contribution in [-0.2, 0) is 4.79 Å². The van der Waals surface area contributed by atoms with Gasteiger partial charge in [-0.2, -0.15) is 11.8 Å². The largest absolute Gasteiger partial charge is 0.480 e. The highest BCUT2D eigenvalue weighted by Gasteiger charge is 2.29. The van der Waals surface area contributed by atoms with Gasteiger partial charge in [0.25, 0.3) is 0 Å². The van der Waals surface area contributed by atoms with Crippen LogP contribution in [0.4, 0.5) is 0 Å². The van der Waals surface area contributed by atoms with Crippen LogP contribution >= 0.6 is 27.7 Å². The highest BCUT2D eigenvalue weighted by molar-refractivity contribution is 9.10. The minimum atomic E-state index is -0.774. The van der Waals surface area contributed by atoms with Gasteiger partial charge >= 0.3 is 5.97 Å². The molecule has 1 unspecified atom stereocenters. The van der Waals surface area contributed by atoms with Crippen LogP contribution in [0, 0.1) is 0 Å². The second-order valence-electron chi connectivity index (χ2n) is 3.91. The summed E-state index contributed by atoms with van der Waals surface area (Å²) in [6.07, 6.45) is 0. The Labute approximate surface area is 113 Å². The summed E-state index contributed by atoms with van der Waals surface area (Å²) in [5.41, 5.74) is 0.840. The van der Waals surface area contributed by atoms with Crippen LogP contribution < -0.4 is 0 Å². The molecule has 1 aromatic rings. The topological polar surface area (TPSA) is 40.5 Å². The molecular weight excluding hydrogens is 302 g/mol. The summed E-state index contributed by atoms with van der Waals surface area (Å²) in [5.74, 6) is 1.24. The Morgan fingerprint density at radius 1 is 1.35 bits per heavy atom. The molecule has 5 heteroatoms. The van der Waals surface area contributed by atoms with E-state index in [1.165, 1.54) is 0 Å². The lowest BCUT2D eigenvalue weighted by molar-refractivity contribution is -0.143. The van der Waals surface area contributed by atoms with Crippen molar-refractivity contribution >= 4 is 33.7 Å². The van der Waals surface area contributed by atoms with E-state index in [9.17, 15) is 9.90 Å². The smallest absolute Gasteiger partial charge is 0.325 e. The highest BCUT2D eigenvalue weighted by atomic mass is 79.9. The Hall–Kier alpha value is -0.520. The van der Waals surface area contributed by atoms with Crippen LogP contribution in [0.3, 0.4) is 0 Å². The molecule has 1 fully saturated rings. The Bertz CT molecular complexity index is 407. The van der Waals surface area contributed by atoms with E-state index in [1.54, 1.807) is 0 Å². The maximum Gasteiger partial charge on any atom is 0.325 e. The molecule has 1 atom stereocenters. The summed E-state index contributed by atoms with van der Waals surface area (Å²) in [7, 11) is 0. The first-order valence-corrected chi connectivity index (χ1v) is 7.44. The number of nitrogens with zero attached hydrogens (tertiary/aromatic N) is 1. The number of aliphatic carboxylic acids is 1. The molecule has 92 valence electrons. The zero-order valence-electron chi connectivity index (χ0n) is 9.30. The number of hydrogen-bond donors (Lipinski definition) is 1. The number of thioether (sulfide) groups is 1. The molecule has 3 nitrogen and oxygen atoms in total. The van der Waals surface area contributed by atoms with E-state index >= 15 is 0 Å². The molecule has 1 aliphatic rings. The van der Waals surface area contributed by atoms with E-state index in [2.05, 4.69) is 15.9 Å². The predicted octanol–water partition coefficient (Wildman–Crippen LogP) is 2.62. The lowest BCUT2D eigenvalue weighted by atomic mass is 10.1. The average Bonchev–Trinajstić information content (AvgIpc) is 2.33. The van der Waals surface area contributed by atoms with E-state index < -0.39 is 12.0 Å². The summed E-state index contributed by atoms with van der Waals surface area (Å²) in [6.45, 7) is 1.67. The molecule has 0 bridgehead atoms. The predicted molar refractivity (Wildman–Crippen MR) is 73.4 cm³/mol. The van der Waals surface area contributed by atoms with Crippen molar-refractivity contribution in [1.82, 2.24) is 4.90 Å². The van der Waals surface area contributed by atoms with Gasteiger partial charge in [-0.15, -0.1) is 0 Å². The summed E-state index contributed by atoms with van der Waals surface area (Å²) >= 11 is 5.32. The number of carbonyl (C=O) groups is 1. The first-order chi connectivity index (χ1) is 8.20. The fourth-order valence-electron chi connectivity index (χ4n) is 2.02. The third-order valence-corrected chi connectivity index (χ3v) is 4.51. The fourth-order valence-corrected chi connectivity index (χ4v) is 3.45. The number of carboxylic acid groups (broad SMARTS) is 1. The molecule has 1 aromatic carbocycles. The zero-order valence-corrected chi connectivity index (χ0v) is 11.7. The van der Waals surface area contributed by atoms with Crippen molar-refractivity contribution in [1.29, 1.82) is 0 Å². The lowest BCUT2D eigenvalue weighted by Crippen LogP contribution is -2.39. The molecule has 0 aromatic heterocycles. The Morgan fingerprint density at radius 2 is 2.00 bits per heavy atom. The number of carboxylic acids is 1. The lowest BCUT2D eigenvalue weighted by Gasteiger charge is -2.32. The van der Waals surface area contributed by atoms with Gasteiger partial charge in [0, 0.05) is 29.1 Å². The molecule has 17 heavy (non-hydrogen) atoms. The number of rotatable bonds is 3. The molecule has 1 N–H and O–H groups in total. The fraction of sp³-hybridized carbons (Fsp3) is 0.417. The first kappa shape index (κ1) is 12.9. The van der Waals surface area contributed by atoms with Crippen molar-refractivity contribution in [3.05, 3.63) is 34.3 Å². The van der Waals surface area contributed by atoms with Crippen LogP contribution in [0.2, 0.25) is 0 Å². The summed E-state index contributed by atoms with van der Waals surface area (Å²) in [5, 5.41) is 9.43. The van der Waals surface area contributed by atoms with Crippen LogP contribution in [0.25, 0.3) is 0 Å². The molecule has 1 aliphatic heterocycles. The van der Waals surface area contributed by atoms with Crippen LogP contribution in [0.15, 0.2) is 28.7 Å². The Morgan fingerprint density at radius 3 is 2.59 bits per heavy atom. The Kier molecular flexibility index (Phi) is 4.48. The van der Waals surface area contributed by atoms with E-state index in [4.69, 9.17) is 0 Å². The molecule has 0 spiro atoms. The Balaban J connectivity index is 2.28. The minimum absolute atomic E-state index is 0.536. The third-order valence-electron chi connectivity index (χ3n) is 2.84. The zero-order chi connectivity index (χ0) is 12.3. The SMILES string of the molecule is O=C(O)C(c1ccccc1Br)N1CCSCC1. The standard InChI is InChI=1S/C12H14BrNO2S/c13-10-4-2-1-3-9(10)11(12(15)16)14-5-7-17-8-6-14/h1-4,11H,5-8H2,(H,15,16). The van der Waals surface area contributed by atoms with Crippen molar-refractivity contribution < 1.29 is 9.90 Å². The van der Waals surface area contributed by atoms with Gasteiger partial charge in [-0.25, -0.2) is 0 Å². The van der Waals surface area contributed by atoms with Crippen LogP contribution in [0.5, 0.6) is 0 Å². The van der Waals surface area contributed by atoms with Gasteiger partial charge < -0.3 is 5.11 Å². The second kappa shape index (κ2) is 5.89. The minimum Gasteiger partial charge on any atom is -0.480 e. The van der Waals surface area contributed by atoms with Crippen molar-refractivity contribution in [3.63, 3.8) is 0 Å². The highest BCUT2D eigenvalue weighted by Crippen LogP contribution is 2.29. The number of benzene rings is 1. The average molecular weight is 316 g/mol. The normalized spacial score (nSPS) is 18.9. The van der Waals surface area contributed by atoms with E-state index in [-0.39, 0.29) is 0 Å². The van der Waals surface area contributed by atoms with Crippen molar-refractivity contribution in [3.8, 4) is 0 Å². The van der Waals surface area contributed by atoms with Gasteiger partial charge in [0.15, 0.2) is 0 Å². The third kappa shape index (κ3) is 3.03. The number of hydrogen-bond acceptors (Lipinski definition) is 3. The number of halogens is 1. The molecule has 0 radical (unpaired) electrons. The maximum atomic E-state index is 11.5. The molecule has 1 saturated heterocycles. The second-order valence-corrected chi connectivity index (χ2v) is 5.99. The van der Waals surface area contributed by atoms with Crippen molar-refractivity contribution in [2.75, 3.05) is 24.6 Å². The van der Waals surface area contributed by atoms with Crippen molar-refractivity contribution in [2.45, 2.75) is 6.04 Å². The molecule has 1 heterocycles. The molecular formula is C12H14BrNO2S. The van der Waals surface area contributed by atoms with Crippen molar-refractivity contribution in [2.24, 2.45) is 0 Å². The van der Waals surface area contributed by atoms with Crippen LogP contribution in [-0.4, -0.2) is 40.6 Å². The van der Waals surface area contributed by atoms with Gasteiger partial charge in [0.1, 0.15) is 6.04 Å². The summed E-state index contributed by atoms with van der Waals surface area (Å²) in [6, 6.07) is 7.02. The van der Waals surface area contributed by atoms with E-state index in [0.717, 1.165) is 34.6 Å². The van der Waals surface area contributed by atoms with Gasteiger partial charge in [-0.05, 0) is 11.6 Å². The van der Waals surface area contributed by atoms with E-state index in [1.807, 2.05) is 40.9 Å². The monoisotopic (exact) mass is 315 g/mol. The van der Waals surface area contributed by atoms with Gasteiger partial charge in [-0.1, -0.05) is 34.1 Å².